The second-order valence-corrected chi connectivity index (χ2v) is 8.28. The third kappa shape index (κ3) is 7.50. The van der Waals surface area contributed by atoms with Crippen molar-refractivity contribution in [2.75, 3.05) is 11.4 Å². The predicted octanol–water partition coefficient (Wildman–Crippen LogP) is 6.82. The van der Waals surface area contributed by atoms with Gasteiger partial charge in [0.15, 0.2) is 0 Å². The fourth-order valence-corrected chi connectivity index (χ4v) is 3.71. The van der Waals surface area contributed by atoms with Gasteiger partial charge in [0.25, 0.3) is 11.6 Å². The molecule has 182 valence electrons. The summed E-state index contributed by atoms with van der Waals surface area (Å²) < 4.78 is 5.39. The van der Waals surface area contributed by atoms with Gasteiger partial charge in [0.05, 0.1) is 10.5 Å². The smallest absolute Gasteiger partial charge is 0.343 e. The molecule has 0 aliphatic carbocycles. The second kappa shape index (κ2) is 13.0. The summed E-state index contributed by atoms with van der Waals surface area (Å²) in [5.74, 6) is -0.264. The van der Waals surface area contributed by atoms with Crippen LogP contribution in [0.4, 0.5) is 11.4 Å². The highest BCUT2D eigenvalue weighted by molar-refractivity contribution is 6.06. The number of carbonyl (C=O) groups is 2. The summed E-state index contributed by atoms with van der Waals surface area (Å²) in [6, 6.07) is 21.2. The van der Waals surface area contributed by atoms with Gasteiger partial charge in [-0.3, -0.25) is 14.9 Å². The van der Waals surface area contributed by atoms with Gasteiger partial charge in [0, 0.05) is 29.9 Å². The number of esters is 1. The van der Waals surface area contributed by atoms with Gasteiger partial charge in [-0.25, -0.2) is 4.79 Å². The van der Waals surface area contributed by atoms with E-state index in [0.29, 0.717) is 29.1 Å². The molecule has 0 aliphatic rings. The van der Waals surface area contributed by atoms with Crippen molar-refractivity contribution < 1.29 is 19.2 Å². The molecule has 0 heterocycles. The summed E-state index contributed by atoms with van der Waals surface area (Å²) in [6.07, 6.45) is 6.49. The van der Waals surface area contributed by atoms with E-state index in [2.05, 4.69) is 6.92 Å². The van der Waals surface area contributed by atoms with Crippen molar-refractivity contribution >= 4 is 23.3 Å². The van der Waals surface area contributed by atoms with Crippen LogP contribution >= 0.6 is 0 Å². The molecule has 0 spiro atoms. The number of hydrogen-bond donors (Lipinski definition) is 0. The summed E-state index contributed by atoms with van der Waals surface area (Å²) in [4.78, 5) is 37.9. The first-order valence-corrected chi connectivity index (χ1v) is 11.9. The van der Waals surface area contributed by atoms with E-state index in [-0.39, 0.29) is 11.6 Å². The molecule has 3 aromatic rings. The molecule has 0 bridgehead atoms. The average molecular weight is 475 g/mol. The SMILES string of the molecule is CCCCCCCCN(C(=O)c1ccc([N+](=O)[O-])cc1)c1ccc(C(=O)Oc2ccccc2)cc1. The Morgan fingerprint density at radius 2 is 1.40 bits per heavy atom. The second-order valence-electron chi connectivity index (χ2n) is 8.28. The lowest BCUT2D eigenvalue weighted by atomic mass is 10.1. The van der Waals surface area contributed by atoms with E-state index < -0.39 is 10.9 Å². The van der Waals surface area contributed by atoms with Crippen LogP contribution in [0.2, 0.25) is 0 Å². The monoisotopic (exact) mass is 474 g/mol. The minimum atomic E-state index is -0.490. The Hall–Kier alpha value is -4.00. The average Bonchev–Trinajstić information content (AvgIpc) is 2.89. The zero-order valence-electron chi connectivity index (χ0n) is 19.9. The topological polar surface area (TPSA) is 89.8 Å². The zero-order valence-corrected chi connectivity index (χ0v) is 19.9. The molecule has 1 amide bonds. The molecule has 0 aromatic heterocycles. The number of nitrogens with zero attached hydrogens (tertiary/aromatic N) is 2. The van der Waals surface area contributed by atoms with Crippen molar-refractivity contribution in [1.29, 1.82) is 0 Å². The Balaban J connectivity index is 1.74. The Kier molecular flexibility index (Phi) is 9.54. The Labute approximate surface area is 205 Å². The Morgan fingerprint density at radius 3 is 2.03 bits per heavy atom. The minimum absolute atomic E-state index is 0.0645. The number of hydrogen-bond acceptors (Lipinski definition) is 5. The Morgan fingerprint density at radius 1 is 0.800 bits per heavy atom. The van der Waals surface area contributed by atoms with E-state index in [4.69, 9.17) is 4.74 Å². The van der Waals surface area contributed by atoms with E-state index >= 15 is 0 Å². The van der Waals surface area contributed by atoms with E-state index in [1.807, 2.05) is 6.07 Å². The molecule has 0 radical (unpaired) electrons. The largest absolute Gasteiger partial charge is 0.423 e. The molecule has 0 N–H and O–H groups in total. The number of nitro benzene ring substituents is 1. The fourth-order valence-electron chi connectivity index (χ4n) is 3.71. The number of anilines is 1. The fraction of sp³-hybridized carbons (Fsp3) is 0.286. The molecule has 0 saturated carbocycles. The van der Waals surface area contributed by atoms with Crippen LogP contribution in [-0.4, -0.2) is 23.3 Å². The summed E-state index contributed by atoms with van der Waals surface area (Å²) in [5, 5.41) is 11.0. The number of ether oxygens (including phenoxy) is 1. The lowest BCUT2D eigenvalue weighted by Crippen LogP contribution is -2.32. The summed E-state index contributed by atoms with van der Waals surface area (Å²) in [5.41, 5.74) is 1.33. The van der Waals surface area contributed by atoms with Gasteiger partial charge in [-0.1, -0.05) is 57.2 Å². The minimum Gasteiger partial charge on any atom is -0.423 e. The quantitative estimate of drug-likeness (QED) is 0.0944. The van der Waals surface area contributed by atoms with Gasteiger partial charge in [0.2, 0.25) is 0 Å². The van der Waals surface area contributed by atoms with E-state index in [9.17, 15) is 19.7 Å². The maximum atomic E-state index is 13.3. The first-order chi connectivity index (χ1) is 17.0. The van der Waals surface area contributed by atoms with E-state index in [1.165, 1.54) is 43.5 Å². The van der Waals surface area contributed by atoms with Crippen LogP contribution in [0.1, 0.15) is 66.2 Å². The molecule has 3 aromatic carbocycles. The molecule has 0 fully saturated rings. The van der Waals surface area contributed by atoms with E-state index in [1.54, 1.807) is 53.4 Å². The van der Waals surface area contributed by atoms with Crippen LogP contribution in [-0.2, 0) is 0 Å². The summed E-state index contributed by atoms with van der Waals surface area (Å²) in [6.45, 7) is 2.68. The maximum absolute atomic E-state index is 13.3. The van der Waals surface area contributed by atoms with Crippen LogP contribution in [0.25, 0.3) is 0 Å². The normalized spacial score (nSPS) is 10.5. The molecule has 3 rings (SSSR count). The van der Waals surface area contributed by atoms with Crippen LogP contribution in [0.5, 0.6) is 5.75 Å². The molecule has 35 heavy (non-hydrogen) atoms. The van der Waals surface area contributed by atoms with Gasteiger partial charge in [-0.15, -0.1) is 0 Å². The number of amides is 1. The van der Waals surface area contributed by atoms with Crippen LogP contribution in [0, 0.1) is 10.1 Å². The molecule has 0 unspecified atom stereocenters. The first-order valence-electron chi connectivity index (χ1n) is 11.9. The molecule has 0 aliphatic heterocycles. The van der Waals surface area contributed by atoms with Crippen LogP contribution < -0.4 is 9.64 Å². The van der Waals surface area contributed by atoms with Crippen LogP contribution in [0.3, 0.4) is 0 Å². The first kappa shape index (κ1) is 25.6. The highest BCUT2D eigenvalue weighted by Crippen LogP contribution is 2.22. The number of nitro groups is 1. The molecule has 7 nitrogen and oxygen atoms in total. The Bertz CT molecular complexity index is 1110. The van der Waals surface area contributed by atoms with Crippen molar-refractivity contribution in [3.63, 3.8) is 0 Å². The van der Waals surface area contributed by atoms with Crippen molar-refractivity contribution in [2.24, 2.45) is 0 Å². The highest BCUT2D eigenvalue weighted by atomic mass is 16.6. The van der Waals surface area contributed by atoms with Crippen LogP contribution in [0.15, 0.2) is 78.9 Å². The maximum Gasteiger partial charge on any atom is 0.343 e. The zero-order chi connectivity index (χ0) is 25.0. The number of benzene rings is 3. The van der Waals surface area contributed by atoms with Crippen molar-refractivity contribution in [1.82, 2.24) is 0 Å². The highest BCUT2D eigenvalue weighted by Gasteiger charge is 2.19. The number of rotatable bonds is 12. The van der Waals surface area contributed by atoms with Crippen molar-refractivity contribution in [3.8, 4) is 5.75 Å². The van der Waals surface area contributed by atoms with Crippen molar-refractivity contribution in [3.05, 3.63) is 100 Å². The molecular weight excluding hydrogens is 444 g/mol. The lowest BCUT2D eigenvalue weighted by molar-refractivity contribution is -0.384. The van der Waals surface area contributed by atoms with Crippen molar-refractivity contribution in [2.45, 2.75) is 45.4 Å². The molecule has 7 heteroatoms. The number of non-ortho nitro benzene ring substituents is 1. The molecule has 0 atom stereocenters. The number of carbonyl (C=O) groups excluding carboxylic acids is 2. The van der Waals surface area contributed by atoms with Gasteiger partial charge in [0.1, 0.15) is 5.75 Å². The number of para-hydroxylation sites is 1. The number of unbranched alkanes of at least 4 members (excludes halogenated alkanes) is 5. The third-order valence-corrected chi connectivity index (χ3v) is 5.67. The van der Waals surface area contributed by atoms with Gasteiger partial charge >= 0.3 is 5.97 Å². The van der Waals surface area contributed by atoms with E-state index in [0.717, 1.165) is 19.3 Å². The lowest BCUT2D eigenvalue weighted by Gasteiger charge is -2.23. The third-order valence-electron chi connectivity index (χ3n) is 5.67. The molecular formula is C28H30N2O5. The standard InChI is InChI=1S/C28H30N2O5/c1-2-3-4-5-6-10-21-29(27(31)22-13-19-25(20-14-22)30(33)34)24-17-15-23(16-18-24)28(32)35-26-11-8-7-9-12-26/h7-9,11-20H,2-6,10,21H2,1H3. The summed E-state index contributed by atoms with van der Waals surface area (Å²) in [7, 11) is 0. The van der Waals surface area contributed by atoms with Gasteiger partial charge in [-0.2, -0.15) is 0 Å². The van der Waals surface area contributed by atoms with Gasteiger partial charge < -0.3 is 9.64 Å². The predicted molar refractivity (Wildman–Crippen MR) is 136 cm³/mol. The summed E-state index contributed by atoms with van der Waals surface area (Å²) >= 11 is 0. The molecule has 0 saturated heterocycles. The van der Waals surface area contributed by atoms with Gasteiger partial charge in [-0.05, 0) is 55.0 Å².